The van der Waals surface area contributed by atoms with Crippen LogP contribution in [0.4, 0.5) is 0 Å². The van der Waals surface area contributed by atoms with E-state index in [1.807, 2.05) is 30.5 Å². The largest absolute Gasteiger partial charge is 0.495 e. The Morgan fingerprint density at radius 3 is 2.72 bits per heavy atom. The van der Waals surface area contributed by atoms with Gasteiger partial charge in [0.1, 0.15) is 5.75 Å². The summed E-state index contributed by atoms with van der Waals surface area (Å²) >= 11 is 1.51. The summed E-state index contributed by atoms with van der Waals surface area (Å²) in [7, 11) is 1.61. The number of aliphatic hydroxyl groups is 1. The highest BCUT2D eigenvalue weighted by molar-refractivity contribution is 7.98. The molecule has 0 amide bonds. The summed E-state index contributed by atoms with van der Waals surface area (Å²) in [5, 5.41) is 9.39. The molecule has 0 saturated carbocycles. The van der Waals surface area contributed by atoms with Crippen molar-refractivity contribution in [2.45, 2.75) is 11.5 Å². The number of hydrogen-bond acceptors (Lipinski definition) is 5. The summed E-state index contributed by atoms with van der Waals surface area (Å²) in [6.07, 6.45) is 3.64. The quantitative estimate of drug-likeness (QED) is 0.857. The van der Waals surface area contributed by atoms with Gasteiger partial charge in [-0.25, -0.2) is 4.98 Å². The lowest BCUT2D eigenvalue weighted by Crippen LogP contribution is -1.99. The first-order chi connectivity index (χ1) is 8.80. The highest BCUT2D eigenvalue weighted by atomic mass is 32.2. The van der Waals surface area contributed by atoms with Crippen molar-refractivity contribution in [1.82, 2.24) is 9.97 Å². The lowest BCUT2D eigenvalue weighted by atomic mass is 10.2. The van der Waals surface area contributed by atoms with Gasteiger partial charge in [0, 0.05) is 12.3 Å². The van der Waals surface area contributed by atoms with Crippen molar-refractivity contribution in [2.24, 2.45) is 0 Å². The van der Waals surface area contributed by atoms with E-state index in [2.05, 4.69) is 9.97 Å². The maximum absolute atomic E-state index is 9.39. The van der Waals surface area contributed by atoms with Crippen molar-refractivity contribution in [3.63, 3.8) is 0 Å². The van der Waals surface area contributed by atoms with Crippen molar-refractivity contribution in [3.05, 3.63) is 36.2 Å². The molecular weight excluding hydrogens is 248 g/mol. The van der Waals surface area contributed by atoms with Gasteiger partial charge in [-0.15, -0.1) is 11.8 Å². The Hall–Kier alpha value is -1.59. The predicted octanol–water partition coefficient (Wildman–Crippen LogP) is 2.37. The molecule has 2 aromatic heterocycles. The van der Waals surface area contributed by atoms with E-state index in [-0.39, 0.29) is 6.61 Å². The van der Waals surface area contributed by atoms with Gasteiger partial charge in [0.05, 0.1) is 35.7 Å². The summed E-state index contributed by atoms with van der Waals surface area (Å²) in [5.41, 5.74) is 2.08. The van der Waals surface area contributed by atoms with Crippen LogP contribution >= 0.6 is 11.8 Å². The van der Waals surface area contributed by atoms with Crippen molar-refractivity contribution in [2.75, 3.05) is 13.4 Å². The summed E-state index contributed by atoms with van der Waals surface area (Å²) in [6.45, 7) is -0.118. The Bertz CT molecular complexity index is 507. The second-order valence-electron chi connectivity index (χ2n) is 3.56. The average molecular weight is 262 g/mol. The topological polar surface area (TPSA) is 55.2 Å². The Labute approximate surface area is 110 Å². The van der Waals surface area contributed by atoms with Crippen LogP contribution in [-0.4, -0.2) is 28.4 Å². The summed E-state index contributed by atoms with van der Waals surface area (Å²) in [5.74, 6) is 0.710. The predicted molar refractivity (Wildman–Crippen MR) is 71.7 cm³/mol. The third-order valence-electron chi connectivity index (χ3n) is 2.51. The lowest BCUT2D eigenvalue weighted by molar-refractivity contribution is 0.271. The number of rotatable bonds is 4. The van der Waals surface area contributed by atoms with Gasteiger partial charge in [0.25, 0.3) is 0 Å². The number of thioether (sulfide) groups is 1. The standard InChI is InChI=1S/C13H14N2O2S/c1-17-12-7-10(9-5-3-4-6-14-9)15-11(8-16)13(12)18-2/h3-7,16H,8H2,1-2H3. The van der Waals surface area contributed by atoms with Crippen LogP contribution in [0, 0.1) is 0 Å². The van der Waals surface area contributed by atoms with Gasteiger partial charge >= 0.3 is 0 Å². The van der Waals surface area contributed by atoms with Crippen LogP contribution in [0.15, 0.2) is 35.4 Å². The van der Waals surface area contributed by atoms with Crippen molar-refractivity contribution in [1.29, 1.82) is 0 Å². The second kappa shape index (κ2) is 5.84. The van der Waals surface area contributed by atoms with Crippen LogP contribution in [0.5, 0.6) is 5.75 Å². The van der Waals surface area contributed by atoms with Crippen LogP contribution in [0.3, 0.4) is 0 Å². The maximum atomic E-state index is 9.39. The average Bonchev–Trinajstić information content (AvgIpc) is 2.46. The SMILES string of the molecule is COc1cc(-c2ccccn2)nc(CO)c1SC. The smallest absolute Gasteiger partial charge is 0.136 e. The van der Waals surface area contributed by atoms with E-state index in [1.54, 1.807) is 13.3 Å². The number of pyridine rings is 2. The molecule has 5 heteroatoms. The molecule has 1 N–H and O–H groups in total. The lowest BCUT2D eigenvalue weighted by Gasteiger charge is -2.12. The third-order valence-corrected chi connectivity index (χ3v) is 3.36. The van der Waals surface area contributed by atoms with Gasteiger partial charge in [0.15, 0.2) is 0 Å². The third kappa shape index (κ3) is 2.47. The molecule has 2 aromatic rings. The van der Waals surface area contributed by atoms with E-state index >= 15 is 0 Å². The van der Waals surface area contributed by atoms with Gasteiger partial charge in [0.2, 0.25) is 0 Å². The van der Waals surface area contributed by atoms with E-state index < -0.39 is 0 Å². The Kier molecular flexibility index (Phi) is 4.17. The molecule has 0 aliphatic heterocycles. The Morgan fingerprint density at radius 2 is 2.17 bits per heavy atom. The first-order valence-electron chi connectivity index (χ1n) is 5.44. The van der Waals surface area contributed by atoms with Crippen LogP contribution in [-0.2, 0) is 6.61 Å². The number of ether oxygens (including phenoxy) is 1. The van der Waals surface area contributed by atoms with Crippen molar-refractivity contribution < 1.29 is 9.84 Å². The fourth-order valence-electron chi connectivity index (χ4n) is 1.68. The Balaban J connectivity index is 2.57. The molecular formula is C13H14N2O2S. The minimum Gasteiger partial charge on any atom is -0.495 e. The molecule has 2 rings (SSSR count). The fraction of sp³-hybridized carbons (Fsp3) is 0.231. The first kappa shape index (κ1) is 12.9. The van der Waals surface area contributed by atoms with Gasteiger partial charge < -0.3 is 9.84 Å². The fourth-order valence-corrected chi connectivity index (χ4v) is 2.37. The van der Waals surface area contributed by atoms with E-state index in [1.165, 1.54) is 11.8 Å². The van der Waals surface area contributed by atoms with Crippen LogP contribution in [0.2, 0.25) is 0 Å². The molecule has 0 fully saturated rings. The minimum absolute atomic E-state index is 0.118. The van der Waals surface area contributed by atoms with Gasteiger partial charge in [-0.05, 0) is 18.4 Å². The van der Waals surface area contributed by atoms with E-state index in [9.17, 15) is 5.11 Å². The van der Waals surface area contributed by atoms with Gasteiger partial charge in [-0.1, -0.05) is 6.07 Å². The molecule has 0 unspecified atom stereocenters. The molecule has 0 radical (unpaired) electrons. The van der Waals surface area contributed by atoms with E-state index in [0.29, 0.717) is 17.1 Å². The number of aliphatic hydroxyl groups excluding tert-OH is 1. The molecule has 0 spiro atoms. The van der Waals surface area contributed by atoms with Crippen LogP contribution in [0.25, 0.3) is 11.4 Å². The van der Waals surface area contributed by atoms with Crippen LogP contribution < -0.4 is 4.74 Å². The van der Waals surface area contributed by atoms with E-state index in [0.717, 1.165) is 10.6 Å². The molecule has 0 saturated heterocycles. The van der Waals surface area contributed by atoms with Crippen LogP contribution in [0.1, 0.15) is 5.69 Å². The zero-order valence-corrected chi connectivity index (χ0v) is 11.1. The zero-order chi connectivity index (χ0) is 13.0. The minimum atomic E-state index is -0.118. The monoisotopic (exact) mass is 262 g/mol. The van der Waals surface area contributed by atoms with Crippen molar-refractivity contribution >= 4 is 11.8 Å². The van der Waals surface area contributed by atoms with Crippen molar-refractivity contribution in [3.8, 4) is 17.1 Å². The summed E-state index contributed by atoms with van der Waals surface area (Å²) in [4.78, 5) is 9.54. The highest BCUT2D eigenvalue weighted by Crippen LogP contribution is 2.33. The number of nitrogens with zero attached hydrogens (tertiary/aromatic N) is 2. The molecule has 2 heterocycles. The number of hydrogen-bond donors (Lipinski definition) is 1. The summed E-state index contributed by atoms with van der Waals surface area (Å²) < 4.78 is 5.34. The molecule has 0 bridgehead atoms. The molecule has 0 aromatic carbocycles. The number of aromatic nitrogens is 2. The Morgan fingerprint density at radius 1 is 1.33 bits per heavy atom. The summed E-state index contributed by atoms with van der Waals surface area (Å²) in [6, 6.07) is 7.47. The molecule has 94 valence electrons. The normalized spacial score (nSPS) is 10.4. The second-order valence-corrected chi connectivity index (χ2v) is 4.38. The maximum Gasteiger partial charge on any atom is 0.136 e. The number of methoxy groups -OCH3 is 1. The highest BCUT2D eigenvalue weighted by Gasteiger charge is 2.13. The van der Waals surface area contributed by atoms with E-state index in [4.69, 9.17) is 4.74 Å². The first-order valence-corrected chi connectivity index (χ1v) is 6.66. The zero-order valence-electron chi connectivity index (χ0n) is 10.3. The molecule has 0 aliphatic rings. The molecule has 4 nitrogen and oxygen atoms in total. The molecule has 18 heavy (non-hydrogen) atoms. The molecule has 0 aliphatic carbocycles. The van der Waals surface area contributed by atoms with Gasteiger partial charge in [-0.2, -0.15) is 0 Å². The van der Waals surface area contributed by atoms with Gasteiger partial charge in [-0.3, -0.25) is 4.98 Å². The molecule has 0 atom stereocenters.